The molecule has 2 aromatic rings. The molecule has 0 unspecified atom stereocenters. The highest BCUT2D eigenvalue weighted by Crippen LogP contribution is 2.10. The average molecular weight is 161 g/mol. The van der Waals surface area contributed by atoms with Gasteiger partial charge in [0, 0.05) is 18.1 Å². The van der Waals surface area contributed by atoms with Crippen molar-refractivity contribution in [3.8, 4) is 0 Å². The molecule has 0 saturated carbocycles. The van der Waals surface area contributed by atoms with Gasteiger partial charge in [0.25, 0.3) is 0 Å². The fourth-order valence-corrected chi connectivity index (χ4v) is 1.41. The van der Waals surface area contributed by atoms with Crippen molar-refractivity contribution in [2.75, 3.05) is 0 Å². The van der Waals surface area contributed by atoms with Crippen LogP contribution < -0.4 is 0 Å². The van der Waals surface area contributed by atoms with E-state index in [4.69, 9.17) is 0 Å². The molecule has 2 heterocycles. The van der Waals surface area contributed by atoms with Crippen LogP contribution in [0.2, 0.25) is 0 Å². The fourth-order valence-electron chi connectivity index (χ4n) is 1.41. The highest BCUT2D eigenvalue weighted by atomic mass is 15.0. The first-order valence-electron chi connectivity index (χ1n) is 4.10. The van der Waals surface area contributed by atoms with E-state index in [1.807, 2.05) is 6.20 Å². The maximum Gasteiger partial charge on any atom is 0.155 e. The summed E-state index contributed by atoms with van der Waals surface area (Å²) in [6.45, 7) is 4.20. The van der Waals surface area contributed by atoms with Crippen molar-refractivity contribution >= 4 is 5.65 Å². The van der Waals surface area contributed by atoms with Gasteiger partial charge in [-0.05, 0) is 13.3 Å². The predicted molar refractivity (Wildman–Crippen MR) is 47.1 cm³/mol. The Balaban J connectivity index is 2.78. The van der Waals surface area contributed by atoms with Gasteiger partial charge in [0.1, 0.15) is 0 Å². The van der Waals surface area contributed by atoms with Crippen LogP contribution in [0, 0.1) is 6.92 Å². The lowest BCUT2D eigenvalue weighted by Gasteiger charge is -1.93. The molecule has 0 N–H and O–H groups in total. The summed E-state index contributed by atoms with van der Waals surface area (Å²) >= 11 is 0. The molecular formula is C9H11N3. The molecule has 0 bridgehead atoms. The number of aryl methyl sites for hydroxylation is 2. The summed E-state index contributed by atoms with van der Waals surface area (Å²) in [5.41, 5.74) is 3.31. The molecule has 2 aromatic heterocycles. The second-order valence-electron chi connectivity index (χ2n) is 2.80. The number of nitrogens with zero attached hydrogens (tertiary/aromatic N) is 3. The summed E-state index contributed by atoms with van der Waals surface area (Å²) in [4.78, 5) is 8.45. The summed E-state index contributed by atoms with van der Waals surface area (Å²) in [6, 6.07) is 0. The van der Waals surface area contributed by atoms with Gasteiger partial charge in [0.05, 0.1) is 11.9 Å². The minimum Gasteiger partial charge on any atom is -0.301 e. The molecule has 0 saturated heterocycles. The first-order chi connectivity index (χ1) is 5.83. The van der Waals surface area contributed by atoms with Gasteiger partial charge in [-0.1, -0.05) is 6.92 Å². The van der Waals surface area contributed by atoms with Crippen LogP contribution in [0.25, 0.3) is 5.65 Å². The van der Waals surface area contributed by atoms with Crippen LogP contribution in [0.3, 0.4) is 0 Å². The summed E-state index contributed by atoms with van der Waals surface area (Å²) in [6.07, 6.45) is 6.48. The van der Waals surface area contributed by atoms with Crippen molar-refractivity contribution in [3.05, 3.63) is 30.0 Å². The Labute approximate surface area is 71.1 Å². The predicted octanol–water partition coefficient (Wildman–Crippen LogP) is 1.60. The van der Waals surface area contributed by atoms with Crippen molar-refractivity contribution in [3.63, 3.8) is 0 Å². The van der Waals surface area contributed by atoms with Crippen LogP contribution in [-0.4, -0.2) is 14.4 Å². The van der Waals surface area contributed by atoms with Gasteiger partial charge in [0.15, 0.2) is 5.65 Å². The van der Waals surface area contributed by atoms with Crippen LogP contribution in [0.1, 0.15) is 18.3 Å². The van der Waals surface area contributed by atoms with E-state index in [0.717, 1.165) is 17.8 Å². The molecule has 0 radical (unpaired) electrons. The number of fused-ring (bicyclic) bond motifs is 1. The van der Waals surface area contributed by atoms with E-state index < -0.39 is 0 Å². The van der Waals surface area contributed by atoms with E-state index in [0.29, 0.717) is 0 Å². The third-order valence-corrected chi connectivity index (χ3v) is 2.10. The third-order valence-electron chi connectivity index (χ3n) is 2.10. The standard InChI is InChI=1S/C9H11N3/c1-3-8-7(2)12-5-4-10-6-9(12)11-8/h4-6H,3H2,1-2H3. The van der Waals surface area contributed by atoms with Gasteiger partial charge >= 0.3 is 0 Å². The SMILES string of the molecule is CCc1nc2cnccn2c1C. The molecule has 62 valence electrons. The first-order valence-corrected chi connectivity index (χ1v) is 4.10. The summed E-state index contributed by atoms with van der Waals surface area (Å²) < 4.78 is 2.06. The summed E-state index contributed by atoms with van der Waals surface area (Å²) in [5.74, 6) is 0. The molecule has 2 rings (SSSR count). The molecule has 12 heavy (non-hydrogen) atoms. The Morgan fingerprint density at radius 3 is 3.00 bits per heavy atom. The number of hydrogen-bond donors (Lipinski definition) is 0. The van der Waals surface area contributed by atoms with Crippen LogP contribution in [0.5, 0.6) is 0 Å². The van der Waals surface area contributed by atoms with Gasteiger partial charge in [0.2, 0.25) is 0 Å². The maximum absolute atomic E-state index is 4.43. The number of rotatable bonds is 1. The summed E-state index contributed by atoms with van der Waals surface area (Å²) in [7, 11) is 0. The molecule has 0 aliphatic rings. The molecule has 3 nitrogen and oxygen atoms in total. The monoisotopic (exact) mass is 161 g/mol. The lowest BCUT2D eigenvalue weighted by molar-refractivity contribution is 1.02. The van der Waals surface area contributed by atoms with Gasteiger partial charge in [-0.2, -0.15) is 0 Å². The molecule has 0 aliphatic heterocycles. The second kappa shape index (κ2) is 2.59. The van der Waals surface area contributed by atoms with Crippen LogP contribution >= 0.6 is 0 Å². The zero-order valence-electron chi connectivity index (χ0n) is 7.28. The Bertz CT molecular complexity index is 403. The lowest BCUT2D eigenvalue weighted by atomic mass is 10.3. The highest BCUT2D eigenvalue weighted by Gasteiger charge is 2.04. The lowest BCUT2D eigenvalue weighted by Crippen LogP contribution is -1.88. The topological polar surface area (TPSA) is 30.2 Å². The van der Waals surface area contributed by atoms with Gasteiger partial charge in [-0.25, -0.2) is 4.98 Å². The van der Waals surface area contributed by atoms with Gasteiger partial charge in [-0.3, -0.25) is 4.98 Å². The molecule has 0 aromatic carbocycles. The largest absolute Gasteiger partial charge is 0.301 e. The Kier molecular flexibility index (Phi) is 1.57. The minimum absolute atomic E-state index is 0.937. The van der Waals surface area contributed by atoms with E-state index >= 15 is 0 Å². The average Bonchev–Trinajstić information content (AvgIpc) is 2.44. The van der Waals surface area contributed by atoms with Crippen molar-refractivity contribution in [2.24, 2.45) is 0 Å². The van der Waals surface area contributed by atoms with E-state index in [9.17, 15) is 0 Å². The maximum atomic E-state index is 4.43. The zero-order valence-corrected chi connectivity index (χ0v) is 7.28. The Hall–Kier alpha value is -1.38. The molecule has 0 fully saturated rings. The zero-order chi connectivity index (χ0) is 8.55. The third kappa shape index (κ3) is 0.897. The highest BCUT2D eigenvalue weighted by molar-refractivity contribution is 5.40. The minimum atomic E-state index is 0.937. The molecular weight excluding hydrogens is 150 g/mol. The quantitative estimate of drug-likeness (QED) is 0.636. The molecule has 3 heteroatoms. The smallest absolute Gasteiger partial charge is 0.155 e. The van der Waals surface area contributed by atoms with E-state index in [1.54, 1.807) is 12.4 Å². The number of aromatic nitrogens is 3. The van der Waals surface area contributed by atoms with Crippen molar-refractivity contribution in [1.29, 1.82) is 0 Å². The Morgan fingerprint density at radius 2 is 2.33 bits per heavy atom. The van der Waals surface area contributed by atoms with Crippen molar-refractivity contribution in [1.82, 2.24) is 14.4 Å². The van der Waals surface area contributed by atoms with Crippen LogP contribution in [-0.2, 0) is 6.42 Å². The van der Waals surface area contributed by atoms with E-state index in [-0.39, 0.29) is 0 Å². The number of hydrogen-bond acceptors (Lipinski definition) is 2. The molecule has 0 amide bonds. The molecule has 0 aliphatic carbocycles. The molecule has 0 spiro atoms. The molecule has 0 atom stereocenters. The summed E-state index contributed by atoms with van der Waals surface area (Å²) in [5, 5.41) is 0. The van der Waals surface area contributed by atoms with Crippen molar-refractivity contribution in [2.45, 2.75) is 20.3 Å². The van der Waals surface area contributed by atoms with E-state index in [1.165, 1.54) is 5.69 Å². The first kappa shape index (κ1) is 7.28. The fraction of sp³-hybridized carbons (Fsp3) is 0.333. The van der Waals surface area contributed by atoms with E-state index in [2.05, 4.69) is 28.2 Å². The van der Waals surface area contributed by atoms with Gasteiger partial charge in [-0.15, -0.1) is 0 Å². The Morgan fingerprint density at radius 1 is 1.50 bits per heavy atom. The second-order valence-corrected chi connectivity index (χ2v) is 2.80. The van der Waals surface area contributed by atoms with Crippen LogP contribution in [0.15, 0.2) is 18.6 Å². The number of imidazole rings is 1. The normalized spacial score (nSPS) is 10.8. The van der Waals surface area contributed by atoms with Crippen LogP contribution in [0.4, 0.5) is 0 Å². The van der Waals surface area contributed by atoms with Gasteiger partial charge < -0.3 is 4.40 Å². The van der Waals surface area contributed by atoms with Crippen molar-refractivity contribution < 1.29 is 0 Å².